The van der Waals surface area contributed by atoms with E-state index in [4.69, 9.17) is 10.1 Å². The Morgan fingerprint density at radius 1 is 1.00 bits per heavy atom. The third-order valence-corrected chi connectivity index (χ3v) is 3.71. The number of fused-ring (bicyclic) bond motifs is 1. The van der Waals surface area contributed by atoms with Crippen molar-refractivity contribution in [2.75, 3.05) is 7.11 Å². The fourth-order valence-electron chi connectivity index (χ4n) is 2.52. The molecule has 2 aromatic carbocycles. The van der Waals surface area contributed by atoms with Crippen LogP contribution in [0.3, 0.4) is 0 Å². The van der Waals surface area contributed by atoms with E-state index in [9.17, 15) is 14.7 Å². The van der Waals surface area contributed by atoms with E-state index in [2.05, 4.69) is 0 Å². The van der Waals surface area contributed by atoms with Gasteiger partial charge in [-0.1, -0.05) is 36.4 Å². The molecule has 0 aromatic heterocycles. The number of nitrogens with one attached hydrogen (secondary N) is 1. The lowest BCUT2D eigenvalue weighted by molar-refractivity contribution is -0.111. The minimum Gasteiger partial charge on any atom is -0.506 e. The largest absolute Gasteiger partial charge is 0.506 e. The van der Waals surface area contributed by atoms with Gasteiger partial charge in [-0.05, 0) is 12.1 Å². The molecule has 0 spiro atoms. The summed E-state index contributed by atoms with van der Waals surface area (Å²) in [5, 5.41) is 18.6. The van der Waals surface area contributed by atoms with Crippen LogP contribution in [0.1, 0.15) is 21.5 Å². The van der Waals surface area contributed by atoms with Crippen LogP contribution in [-0.2, 0) is 4.79 Å². The first kappa shape index (κ1) is 14.7. The Labute approximate surface area is 132 Å². The number of methoxy groups -OCH3 is 1. The lowest BCUT2D eigenvalue weighted by Crippen LogP contribution is -2.28. The number of benzene rings is 2. The molecule has 2 N–H and O–H groups in total. The van der Waals surface area contributed by atoms with Crippen molar-refractivity contribution >= 4 is 23.0 Å². The second kappa shape index (κ2) is 5.53. The van der Waals surface area contributed by atoms with Gasteiger partial charge in [-0.15, -0.1) is 0 Å². The standard InChI is InChI=1S/C18H13NO4/c1-23-11-6-4-5-10(9-11)15(19)14-16(20)12-7-2-3-8-13(12)17(21)18(14)22/h2-9,19-20H,1H3. The number of aliphatic hydroxyl groups is 1. The highest BCUT2D eigenvalue weighted by atomic mass is 16.5. The lowest BCUT2D eigenvalue weighted by atomic mass is 9.85. The lowest BCUT2D eigenvalue weighted by Gasteiger charge is -2.18. The van der Waals surface area contributed by atoms with Crippen molar-refractivity contribution in [1.29, 1.82) is 5.41 Å². The summed E-state index contributed by atoms with van der Waals surface area (Å²) < 4.78 is 5.10. The SMILES string of the molecule is COc1cccc(C(=N)C2=C(O)c3ccccc3C(=O)C2=O)c1. The van der Waals surface area contributed by atoms with E-state index in [0.717, 1.165) is 0 Å². The molecule has 0 heterocycles. The van der Waals surface area contributed by atoms with Gasteiger partial charge in [-0.25, -0.2) is 0 Å². The Kier molecular flexibility index (Phi) is 3.54. The quantitative estimate of drug-likeness (QED) is 0.674. The van der Waals surface area contributed by atoms with E-state index in [-0.39, 0.29) is 28.2 Å². The average Bonchev–Trinajstić information content (AvgIpc) is 2.60. The molecule has 0 saturated heterocycles. The van der Waals surface area contributed by atoms with Crippen molar-refractivity contribution in [2.45, 2.75) is 0 Å². The molecule has 2 aromatic rings. The minimum atomic E-state index is -0.881. The number of ether oxygens (including phenoxy) is 1. The van der Waals surface area contributed by atoms with Gasteiger partial charge in [0.25, 0.3) is 0 Å². The van der Waals surface area contributed by atoms with Gasteiger partial charge < -0.3 is 9.84 Å². The number of Topliss-reactive ketones (excluding diaryl/α,β-unsaturated/α-hetero) is 2. The van der Waals surface area contributed by atoms with Crippen molar-refractivity contribution in [2.24, 2.45) is 0 Å². The van der Waals surface area contributed by atoms with Crippen molar-refractivity contribution in [3.8, 4) is 5.75 Å². The zero-order chi connectivity index (χ0) is 16.6. The first-order valence-corrected chi connectivity index (χ1v) is 6.89. The van der Waals surface area contributed by atoms with Crippen molar-refractivity contribution < 1.29 is 19.4 Å². The van der Waals surface area contributed by atoms with Gasteiger partial charge in [0.15, 0.2) is 0 Å². The van der Waals surface area contributed by atoms with Gasteiger partial charge in [0, 0.05) is 16.7 Å². The molecule has 3 rings (SSSR count). The maximum atomic E-state index is 12.3. The van der Waals surface area contributed by atoms with E-state index in [1.807, 2.05) is 0 Å². The van der Waals surface area contributed by atoms with Gasteiger partial charge >= 0.3 is 0 Å². The average molecular weight is 307 g/mol. The maximum Gasteiger partial charge on any atom is 0.239 e. The molecule has 5 heteroatoms. The predicted octanol–water partition coefficient (Wildman–Crippen LogP) is 2.80. The molecule has 0 saturated carbocycles. The molecule has 0 aliphatic heterocycles. The van der Waals surface area contributed by atoms with Crippen LogP contribution in [-0.4, -0.2) is 29.5 Å². The number of ketones is 2. The highest BCUT2D eigenvalue weighted by Gasteiger charge is 2.35. The molecule has 0 atom stereocenters. The Bertz CT molecular complexity index is 880. The molecule has 1 aliphatic rings. The van der Waals surface area contributed by atoms with Crippen LogP contribution in [0.5, 0.6) is 5.75 Å². The molecular weight excluding hydrogens is 294 g/mol. The number of hydrogen-bond acceptors (Lipinski definition) is 5. The van der Waals surface area contributed by atoms with Crippen LogP contribution in [0.15, 0.2) is 54.1 Å². The number of hydrogen-bond donors (Lipinski definition) is 2. The van der Waals surface area contributed by atoms with Crippen LogP contribution in [0.2, 0.25) is 0 Å². The number of aliphatic hydroxyl groups excluding tert-OH is 1. The van der Waals surface area contributed by atoms with Gasteiger partial charge in [0.2, 0.25) is 11.6 Å². The summed E-state index contributed by atoms with van der Waals surface area (Å²) in [5.74, 6) is -1.43. The van der Waals surface area contributed by atoms with E-state index in [1.54, 1.807) is 42.5 Å². The summed E-state index contributed by atoms with van der Waals surface area (Å²) in [6.45, 7) is 0. The molecule has 0 fully saturated rings. The van der Waals surface area contributed by atoms with Gasteiger partial charge in [0.1, 0.15) is 11.5 Å². The van der Waals surface area contributed by atoms with E-state index < -0.39 is 11.6 Å². The van der Waals surface area contributed by atoms with E-state index in [0.29, 0.717) is 11.3 Å². The summed E-state index contributed by atoms with van der Waals surface area (Å²) in [6.07, 6.45) is 0. The maximum absolute atomic E-state index is 12.3. The van der Waals surface area contributed by atoms with Crippen LogP contribution in [0.25, 0.3) is 5.76 Å². The van der Waals surface area contributed by atoms with Crippen molar-refractivity contribution in [3.05, 3.63) is 70.8 Å². The fourth-order valence-corrected chi connectivity index (χ4v) is 2.52. The van der Waals surface area contributed by atoms with Crippen LogP contribution >= 0.6 is 0 Å². The van der Waals surface area contributed by atoms with E-state index >= 15 is 0 Å². The Balaban J connectivity index is 2.16. The van der Waals surface area contributed by atoms with Crippen molar-refractivity contribution in [1.82, 2.24) is 0 Å². The smallest absolute Gasteiger partial charge is 0.239 e. The molecule has 0 radical (unpaired) electrons. The number of carbonyl (C=O) groups excluding carboxylic acids is 2. The molecule has 1 aliphatic carbocycles. The zero-order valence-corrected chi connectivity index (χ0v) is 12.3. The third kappa shape index (κ3) is 2.32. The zero-order valence-electron chi connectivity index (χ0n) is 12.3. The van der Waals surface area contributed by atoms with Crippen LogP contribution < -0.4 is 4.74 Å². The Morgan fingerprint density at radius 2 is 1.70 bits per heavy atom. The van der Waals surface area contributed by atoms with Gasteiger partial charge in [0.05, 0.1) is 18.4 Å². The van der Waals surface area contributed by atoms with E-state index in [1.165, 1.54) is 13.2 Å². The first-order chi connectivity index (χ1) is 11.0. The fraction of sp³-hybridized carbons (Fsp3) is 0.0556. The molecule has 0 unspecified atom stereocenters. The number of allylic oxidation sites excluding steroid dienone is 1. The summed E-state index contributed by atoms with van der Waals surface area (Å²) in [7, 11) is 1.49. The molecular formula is C18H13NO4. The summed E-state index contributed by atoms with van der Waals surface area (Å²) in [5.41, 5.74) is 0.291. The van der Waals surface area contributed by atoms with Gasteiger partial charge in [-0.2, -0.15) is 0 Å². The Morgan fingerprint density at radius 3 is 2.39 bits per heavy atom. The molecule has 114 valence electrons. The molecule has 5 nitrogen and oxygen atoms in total. The Hall–Kier alpha value is -3.21. The molecule has 0 bridgehead atoms. The van der Waals surface area contributed by atoms with Gasteiger partial charge in [-0.3, -0.25) is 15.0 Å². The van der Waals surface area contributed by atoms with Crippen molar-refractivity contribution in [3.63, 3.8) is 0 Å². The number of carbonyl (C=O) groups is 2. The van der Waals surface area contributed by atoms with Crippen LogP contribution in [0, 0.1) is 5.41 Å². The number of rotatable bonds is 3. The topological polar surface area (TPSA) is 87.4 Å². The predicted molar refractivity (Wildman–Crippen MR) is 85.2 cm³/mol. The summed E-state index contributed by atoms with van der Waals surface area (Å²) in [4.78, 5) is 24.5. The van der Waals surface area contributed by atoms with Crippen LogP contribution in [0.4, 0.5) is 0 Å². The first-order valence-electron chi connectivity index (χ1n) is 6.89. The monoisotopic (exact) mass is 307 g/mol. The molecule has 0 amide bonds. The second-order valence-electron chi connectivity index (χ2n) is 5.03. The molecule has 23 heavy (non-hydrogen) atoms. The third-order valence-electron chi connectivity index (χ3n) is 3.71. The normalized spacial score (nSPS) is 13.8. The minimum absolute atomic E-state index is 0.150. The summed E-state index contributed by atoms with van der Waals surface area (Å²) >= 11 is 0. The highest BCUT2D eigenvalue weighted by Crippen LogP contribution is 2.30. The highest BCUT2D eigenvalue weighted by molar-refractivity contribution is 6.58. The summed E-state index contributed by atoms with van der Waals surface area (Å²) in [6, 6.07) is 12.9. The second-order valence-corrected chi connectivity index (χ2v) is 5.03.